The average Bonchev–Trinajstić information content (AvgIpc) is 3.30. The molecule has 9 nitrogen and oxygen atoms in total. The van der Waals surface area contributed by atoms with Crippen LogP contribution in [0.1, 0.15) is 24.2 Å². The number of nitrogens with zero attached hydrogens (tertiary/aromatic N) is 2. The number of aliphatic hydroxyl groups excluding tert-OH is 1. The lowest BCUT2D eigenvalue weighted by molar-refractivity contribution is -0.683. The lowest BCUT2D eigenvalue weighted by atomic mass is 10.1. The lowest BCUT2D eigenvalue weighted by Crippen LogP contribution is -2.38. The van der Waals surface area contributed by atoms with Crippen LogP contribution in [0.5, 0.6) is 5.75 Å². The molecule has 1 atom stereocenters. The number of anilines is 1. The number of benzene rings is 2. The molecule has 3 aromatic rings. The zero-order chi connectivity index (χ0) is 26.3. The van der Waals surface area contributed by atoms with Crippen molar-refractivity contribution in [3.63, 3.8) is 0 Å². The molecule has 0 spiro atoms. The Morgan fingerprint density at radius 2 is 1.92 bits per heavy atom. The summed E-state index contributed by atoms with van der Waals surface area (Å²) in [5, 5.41) is 19.5. The summed E-state index contributed by atoms with van der Waals surface area (Å²) >= 11 is 0. The van der Waals surface area contributed by atoms with Gasteiger partial charge in [-0.15, -0.1) is 6.58 Å². The Morgan fingerprint density at radius 1 is 1.22 bits per heavy atom. The van der Waals surface area contributed by atoms with Crippen molar-refractivity contribution in [1.29, 1.82) is 0 Å². The van der Waals surface area contributed by atoms with Gasteiger partial charge in [0.25, 0.3) is 5.91 Å². The summed E-state index contributed by atoms with van der Waals surface area (Å²) in [6.45, 7) is 8.65. The lowest BCUT2D eigenvalue weighted by Gasteiger charge is -2.19. The molecule has 0 radical (unpaired) electrons. The second-order valence-electron chi connectivity index (χ2n) is 7.76. The Morgan fingerprint density at radius 3 is 2.58 bits per heavy atom. The van der Waals surface area contributed by atoms with E-state index in [-0.39, 0.29) is 18.6 Å². The number of ether oxygens (including phenoxy) is 2. The first-order chi connectivity index (χ1) is 17.4. The fourth-order valence-electron chi connectivity index (χ4n) is 3.36. The molecule has 0 fully saturated rings. The molecule has 0 aliphatic rings. The molecule has 2 aromatic carbocycles. The molecule has 9 heteroatoms. The minimum atomic E-state index is -1.44. The molecule has 0 aliphatic carbocycles. The number of hydrogen-bond donors (Lipinski definition) is 2. The monoisotopic (exact) mass is 495 g/mol. The second kappa shape index (κ2) is 15.1. The first-order valence-corrected chi connectivity index (χ1v) is 11.5. The number of para-hydroxylation sites is 2. The van der Waals surface area contributed by atoms with E-state index in [1.807, 2.05) is 90.2 Å². The van der Waals surface area contributed by atoms with Gasteiger partial charge in [0.2, 0.25) is 6.33 Å². The third kappa shape index (κ3) is 9.36. The number of aryl methyl sites for hydroxylation is 1. The van der Waals surface area contributed by atoms with Gasteiger partial charge >= 0.3 is 0 Å². The van der Waals surface area contributed by atoms with Crippen LogP contribution in [0.3, 0.4) is 0 Å². The van der Waals surface area contributed by atoms with Crippen LogP contribution in [-0.4, -0.2) is 41.4 Å². The summed E-state index contributed by atoms with van der Waals surface area (Å²) in [5.41, 5.74) is 2.86. The number of carbonyl (C=O) groups excluding carboxylic acids is 2. The van der Waals surface area contributed by atoms with E-state index in [0.717, 1.165) is 22.6 Å². The van der Waals surface area contributed by atoms with Gasteiger partial charge in [-0.1, -0.05) is 42.5 Å². The predicted molar refractivity (Wildman–Crippen MR) is 133 cm³/mol. The van der Waals surface area contributed by atoms with E-state index in [1.165, 1.54) is 0 Å². The molecule has 1 amide bonds. The molecule has 0 bridgehead atoms. The molecule has 1 unspecified atom stereocenters. The summed E-state index contributed by atoms with van der Waals surface area (Å²) in [5.74, 6) is -0.695. The highest BCUT2D eigenvalue weighted by atomic mass is 16.5. The number of carboxylic acid groups (broad SMARTS) is 1. The van der Waals surface area contributed by atoms with Crippen LogP contribution < -0.4 is 19.7 Å². The Bertz CT molecular complexity index is 1130. The van der Waals surface area contributed by atoms with Crippen molar-refractivity contribution in [2.24, 2.45) is 0 Å². The third-order valence-electron chi connectivity index (χ3n) is 4.98. The maximum absolute atomic E-state index is 12.5. The Labute approximate surface area is 211 Å². The van der Waals surface area contributed by atoms with Crippen LogP contribution >= 0.6 is 0 Å². The maximum Gasteiger partial charge on any atom is 0.266 e. The minimum absolute atomic E-state index is 0.0711. The molecule has 0 saturated heterocycles. The van der Waals surface area contributed by atoms with Crippen LogP contribution in [0.4, 0.5) is 5.69 Å². The van der Waals surface area contributed by atoms with Gasteiger partial charge in [0.1, 0.15) is 30.8 Å². The number of carboxylic acids is 1. The first-order valence-electron chi connectivity index (χ1n) is 11.5. The molecule has 0 saturated carbocycles. The minimum Gasteiger partial charge on any atom is -0.548 e. The zero-order valence-corrected chi connectivity index (χ0v) is 20.6. The van der Waals surface area contributed by atoms with Gasteiger partial charge in [-0.25, -0.2) is 9.13 Å². The number of imidazole rings is 1. The molecule has 0 aliphatic heterocycles. The van der Waals surface area contributed by atoms with Gasteiger partial charge in [-0.2, -0.15) is 0 Å². The summed E-state index contributed by atoms with van der Waals surface area (Å²) < 4.78 is 15.7. The molecular weight excluding hydrogens is 462 g/mol. The molecule has 1 aromatic heterocycles. The van der Waals surface area contributed by atoms with Crippen molar-refractivity contribution in [3.05, 3.63) is 91.0 Å². The molecule has 192 valence electrons. The number of aliphatic carboxylic acids is 1. The number of aliphatic hydroxyl groups is 1. The standard InChI is InChI=1S/C25H29N3O3.C2H4O3/c1-4-16-31-24(21-11-7-9-13-23(21)30-5-2)17-27-14-15-28(19-27)18-25(29)26-22-12-8-6-10-20(22)3;3-1-2(4)5/h4,6-15,19,24H,1,5,16-18H2,2-3H3;3H,1H2,(H,4,5). The highest BCUT2D eigenvalue weighted by Crippen LogP contribution is 2.29. The van der Waals surface area contributed by atoms with E-state index < -0.39 is 12.6 Å². The fourth-order valence-corrected chi connectivity index (χ4v) is 3.36. The second-order valence-corrected chi connectivity index (χ2v) is 7.76. The smallest absolute Gasteiger partial charge is 0.266 e. The predicted octanol–water partition coefficient (Wildman–Crippen LogP) is 1.79. The van der Waals surface area contributed by atoms with E-state index in [0.29, 0.717) is 19.8 Å². The molecule has 36 heavy (non-hydrogen) atoms. The van der Waals surface area contributed by atoms with Crippen LogP contribution in [0.15, 0.2) is 79.9 Å². The van der Waals surface area contributed by atoms with Gasteiger partial charge < -0.3 is 29.8 Å². The normalized spacial score (nSPS) is 11.1. The van der Waals surface area contributed by atoms with Gasteiger partial charge in [-0.3, -0.25) is 4.79 Å². The Hall–Kier alpha value is -3.95. The molecule has 1 heterocycles. The van der Waals surface area contributed by atoms with Crippen molar-refractivity contribution in [1.82, 2.24) is 4.57 Å². The number of aromatic nitrogens is 2. The van der Waals surface area contributed by atoms with Crippen molar-refractivity contribution in [2.45, 2.75) is 33.0 Å². The van der Waals surface area contributed by atoms with Gasteiger partial charge in [0.15, 0.2) is 6.54 Å². The highest BCUT2D eigenvalue weighted by Gasteiger charge is 2.20. The summed E-state index contributed by atoms with van der Waals surface area (Å²) in [6.07, 6.45) is 7.26. The Balaban J connectivity index is 0.000000830. The Kier molecular flexibility index (Phi) is 11.9. The van der Waals surface area contributed by atoms with E-state index >= 15 is 0 Å². The van der Waals surface area contributed by atoms with E-state index in [2.05, 4.69) is 11.9 Å². The van der Waals surface area contributed by atoms with Gasteiger partial charge in [0, 0.05) is 11.3 Å². The van der Waals surface area contributed by atoms with Crippen molar-refractivity contribution in [3.8, 4) is 5.75 Å². The van der Waals surface area contributed by atoms with Crippen LogP contribution in [0.25, 0.3) is 0 Å². The average molecular weight is 496 g/mol. The van der Waals surface area contributed by atoms with E-state index in [4.69, 9.17) is 24.5 Å². The van der Waals surface area contributed by atoms with E-state index in [9.17, 15) is 4.79 Å². The topological polar surface area (TPSA) is 117 Å². The van der Waals surface area contributed by atoms with Crippen molar-refractivity contribution >= 4 is 17.6 Å². The highest BCUT2D eigenvalue weighted by molar-refractivity contribution is 5.90. The van der Waals surface area contributed by atoms with Crippen molar-refractivity contribution < 1.29 is 33.8 Å². The maximum atomic E-state index is 12.5. The fraction of sp³-hybridized carbons (Fsp3) is 0.296. The van der Waals surface area contributed by atoms with Gasteiger partial charge in [0.05, 0.1) is 25.8 Å². The first kappa shape index (κ1) is 28.3. The molecular formula is C27H33N3O6. The number of rotatable bonds is 12. The quantitative estimate of drug-likeness (QED) is 0.292. The molecule has 3 rings (SSSR count). The number of nitrogens with one attached hydrogen (secondary N) is 1. The van der Waals surface area contributed by atoms with Crippen LogP contribution in [0, 0.1) is 6.92 Å². The van der Waals surface area contributed by atoms with Crippen LogP contribution in [0.2, 0.25) is 0 Å². The van der Waals surface area contributed by atoms with Gasteiger partial charge in [-0.05, 0) is 31.5 Å². The number of carbonyl (C=O) groups is 2. The summed E-state index contributed by atoms with van der Waals surface area (Å²) in [6, 6.07) is 15.7. The van der Waals surface area contributed by atoms with E-state index in [1.54, 1.807) is 6.08 Å². The zero-order valence-electron chi connectivity index (χ0n) is 20.6. The van der Waals surface area contributed by atoms with Crippen LogP contribution in [-0.2, 0) is 27.4 Å². The molecule has 2 N–H and O–H groups in total. The van der Waals surface area contributed by atoms with Crippen molar-refractivity contribution in [2.75, 3.05) is 25.1 Å². The SMILES string of the molecule is C=CCOC(Cn1cc[n+](CC(=O)Nc2ccccc2C)c1)c1ccccc1OCC.O=C([O-])CO. The number of hydrogen-bond acceptors (Lipinski definition) is 6. The third-order valence-corrected chi connectivity index (χ3v) is 4.98. The largest absolute Gasteiger partial charge is 0.548 e. The number of amides is 1. The summed E-state index contributed by atoms with van der Waals surface area (Å²) in [7, 11) is 0. The summed E-state index contributed by atoms with van der Waals surface area (Å²) in [4.78, 5) is 21.5.